The van der Waals surface area contributed by atoms with Crippen molar-refractivity contribution in [2.45, 2.75) is 59.8 Å². The van der Waals surface area contributed by atoms with E-state index in [1.807, 2.05) is 27.7 Å². The van der Waals surface area contributed by atoms with Gasteiger partial charge in [-0.15, -0.1) is 0 Å². The third-order valence-corrected chi connectivity index (χ3v) is 3.69. The summed E-state index contributed by atoms with van der Waals surface area (Å²) in [6.07, 6.45) is 4.18. The molecule has 0 aliphatic rings. The highest BCUT2D eigenvalue weighted by Crippen LogP contribution is 2.20. The van der Waals surface area contributed by atoms with Gasteiger partial charge in [0, 0.05) is 18.5 Å². The van der Waals surface area contributed by atoms with Gasteiger partial charge in [-0.05, 0) is 40.5 Å². The van der Waals surface area contributed by atoms with Gasteiger partial charge >= 0.3 is 5.97 Å². The van der Waals surface area contributed by atoms with E-state index in [1.165, 1.54) is 0 Å². The van der Waals surface area contributed by atoms with Crippen LogP contribution in [0.25, 0.3) is 0 Å². The van der Waals surface area contributed by atoms with E-state index >= 15 is 0 Å². The number of carbonyl (C=O) groups excluding carboxylic acids is 2. The number of esters is 1. The third-order valence-electron chi connectivity index (χ3n) is 3.69. The highest BCUT2D eigenvalue weighted by atomic mass is 16.5. The minimum atomic E-state index is -0.128. The Balaban J connectivity index is 2.17. The Kier molecular flexibility index (Phi) is 7.71. The SMILES string of the molecule is CCOC(=O)CCCCCCNC(=O)c1c(C)oc(C)c1C. The summed E-state index contributed by atoms with van der Waals surface area (Å²) < 4.78 is 10.3. The van der Waals surface area contributed by atoms with Gasteiger partial charge in [0.2, 0.25) is 0 Å². The van der Waals surface area contributed by atoms with Gasteiger partial charge in [-0.25, -0.2) is 0 Å². The van der Waals surface area contributed by atoms with Gasteiger partial charge in [0.1, 0.15) is 11.5 Å². The van der Waals surface area contributed by atoms with E-state index in [0.29, 0.717) is 30.9 Å². The Bertz CT molecular complexity index is 505. The van der Waals surface area contributed by atoms with E-state index in [0.717, 1.165) is 37.0 Å². The predicted octanol–water partition coefficient (Wildman–Crippen LogP) is 3.45. The molecule has 0 aliphatic heterocycles. The zero-order valence-corrected chi connectivity index (χ0v) is 14.1. The minimum absolute atomic E-state index is 0.0710. The number of unbranched alkanes of at least 4 members (excludes halogenated alkanes) is 3. The summed E-state index contributed by atoms with van der Waals surface area (Å²) in [4.78, 5) is 23.3. The lowest BCUT2D eigenvalue weighted by molar-refractivity contribution is -0.143. The van der Waals surface area contributed by atoms with Crippen LogP contribution in [0.4, 0.5) is 0 Å². The number of ether oxygens (including phenoxy) is 1. The van der Waals surface area contributed by atoms with Crippen LogP contribution in [-0.4, -0.2) is 25.0 Å². The fourth-order valence-electron chi connectivity index (χ4n) is 2.40. The number of hydrogen-bond acceptors (Lipinski definition) is 4. The number of furan rings is 1. The van der Waals surface area contributed by atoms with Crippen LogP contribution in [0.1, 0.15) is 66.5 Å². The van der Waals surface area contributed by atoms with Gasteiger partial charge in [-0.1, -0.05) is 12.8 Å². The number of carbonyl (C=O) groups is 2. The van der Waals surface area contributed by atoms with Crippen molar-refractivity contribution in [3.63, 3.8) is 0 Å². The normalized spacial score (nSPS) is 10.5. The molecule has 0 radical (unpaired) electrons. The number of rotatable bonds is 9. The molecule has 0 fully saturated rings. The number of aryl methyl sites for hydroxylation is 2. The maximum Gasteiger partial charge on any atom is 0.305 e. The summed E-state index contributed by atoms with van der Waals surface area (Å²) in [6.45, 7) is 8.47. The first kappa shape index (κ1) is 18.3. The average Bonchev–Trinajstić information content (AvgIpc) is 2.71. The Morgan fingerprint density at radius 3 is 2.32 bits per heavy atom. The summed E-state index contributed by atoms with van der Waals surface area (Å²) in [5.41, 5.74) is 1.56. The Morgan fingerprint density at radius 1 is 1.05 bits per heavy atom. The molecule has 1 rings (SSSR count). The van der Waals surface area contributed by atoms with Gasteiger partial charge in [-0.3, -0.25) is 9.59 Å². The molecule has 1 aromatic rings. The van der Waals surface area contributed by atoms with Crippen LogP contribution in [0.2, 0.25) is 0 Å². The second-order valence-electron chi connectivity index (χ2n) is 5.44. The van der Waals surface area contributed by atoms with Crippen molar-refractivity contribution in [2.75, 3.05) is 13.2 Å². The summed E-state index contributed by atoms with van der Waals surface area (Å²) in [7, 11) is 0. The Morgan fingerprint density at radius 2 is 1.73 bits per heavy atom. The maximum absolute atomic E-state index is 12.1. The molecule has 0 saturated heterocycles. The molecule has 0 aliphatic carbocycles. The highest BCUT2D eigenvalue weighted by Gasteiger charge is 2.17. The molecule has 1 N–H and O–H groups in total. The van der Waals surface area contributed by atoms with Crippen LogP contribution in [-0.2, 0) is 9.53 Å². The topological polar surface area (TPSA) is 68.5 Å². The molecule has 5 nitrogen and oxygen atoms in total. The molecular formula is C17H27NO4. The molecule has 0 aromatic carbocycles. The monoisotopic (exact) mass is 309 g/mol. The summed E-state index contributed by atoms with van der Waals surface area (Å²) in [5, 5.41) is 2.92. The van der Waals surface area contributed by atoms with E-state index < -0.39 is 0 Å². The van der Waals surface area contributed by atoms with Crippen molar-refractivity contribution in [3.05, 3.63) is 22.6 Å². The van der Waals surface area contributed by atoms with Crippen LogP contribution in [0.3, 0.4) is 0 Å². The first-order chi connectivity index (χ1) is 10.5. The van der Waals surface area contributed by atoms with Crippen molar-refractivity contribution in [3.8, 4) is 0 Å². The first-order valence-electron chi connectivity index (χ1n) is 7.97. The summed E-state index contributed by atoms with van der Waals surface area (Å²) in [6, 6.07) is 0. The summed E-state index contributed by atoms with van der Waals surface area (Å²) in [5.74, 6) is 1.26. The van der Waals surface area contributed by atoms with Crippen molar-refractivity contribution >= 4 is 11.9 Å². The third kappa shape index (κ3) is 5.54. The molecule has 5 heteroatoms. The molecule has 0 spiro atoms. The lowest BCUT2D eigenvalue weighted by Crippen LogP contribution is -2.25. The van der Waals surface area contributed by atoms with Gasteiger partial charge < -0.3 is 14.5 Å². The smallest absolute Gasteiger partial charge is 0.305 e. The standard InChI is InChI=1S/C17H27NO4/c1-5-21-15(19)10-8-6-7-9-11-18-17(20)16-12(2)13(3)22-14(16)4/h5-11H2,1-4H3,(H,18,20). The van der Waals surface area contributed by atoms with Crippen LogP contribution >= 0.6 is 0 Å². The molecule has 22 heavy (non-hydrogen) atoms. The van der Waals surface area contributed by atoms with Crippen LogP contribution in [0.15, 0.2) is 4.42 Å². The van der Waals surface area contributed by atoms with E-state index in [1.54, 1.807) is 0 Å². The molecule has 0 unspecified atom stereocenters. The second kappa shape index (κ2) is 9.28. The van der Waals surface area contributed by atoms with Crippen molar-refractivity contribution in [1.82, 2.24) is 5.32 Å². The van der Waals surface area contributed by atoms with Crippen molar-refractivity contribution in [1.29, 1.82) is 0 Å². The molecule has 0 bridgehead atoms. The molecular weight excluding hydrogens is 282 g/mol. The van der Waals surface area contributed by atoms with Gasteiger partial charge in [0.25, 0.3) is 5.91 Å². The fourth-order valence-corrected chi connectivity index (χ4v) is 2.40. The molecule has 1 heterocycles. The van der Waals surface area contributed by atoms with Crippen LogP contribution in [0.5, 0.6) is 0 Å². The van der Waals surface area contributed by atoms with Gasteiger partial charge in [0.05, 0.1) is 12.2 Å². The van der Waals surface area contributed by atoms with Crippen molar-refractivity contribution in [2.24, 2.45) is 0 Å². The first-order valence-corrected chi connectivity index (χ1v) is 7.97. The number of nitrogens with one attached hydrogen (secondary N) is 1. The molecule has 1 amide bonds. The molecule has 0 atom stereocenters. The maximum atomic E-state index is 12.1. The quantitative estimate of drug-likeness (QED) is 0.560. The lowest BCUT2D eigenvalue weighted by Gasteiger charge is -2.05. The summed E-state index contributed by atoms with van der Waals surface area (Å²) >= 11 is 0. The lowest BCUT2D eigenvalue weighted by atomic mass is 10.1. The fraction of sp³-hybridized carbons (Fsp3) is 0.647. The second-order valence-corrected chi connectivity index (χ2v) is 5.44. The van der Waals surface area contributed by atoms with Crippen LogP contribution < -0.4 is 5.32 Å². The van der Waals surface area contributed by atoms with E-state index in [-0.39, 0.29) is 11.9 Å². The zero-order chi connectivity index (χ0) is 16.5. The number of hydrogen-bond donors (Lipinski definition) is 1. The molecule has 124 valence electrons. The zero-order valence-electron chi connectivity index (χ0n) is 14.1. The highest BCUT2D eigenvalue weighted by molar-refractivity contribution is 5.96. The van der Waals surface area contributed by atoms with Gasteiger partial charge in [-0.2, -0.15) is 0 Å². The average molecular weight is 309 g/mol. The largest absolute Gasteiger partial charge is 0.466 e. The van der Waals surface area contributed by atoms with Crippen molar-refractivity contribution < 1.29 is 18.7 Å². The predicted molar refractivity (Wildman–Crippen MR) is 85.0 cm³/mol. The number of amides is 1. The molecule has 0 saturated carbocycles. The minimum Gasteiger partial charge on any atom is -0.466 e. The van der Waals surface area contributed by atoms with E-state index in [4.69, 9.17) is 9.15 Å². The molecule has 1 aromatic heterocycles. The van der Waals surface area contributed by atoms with E-state index in [9.17, 15) is 9.59 Å². The van der Waals surface area contributed by atoms with Gasteiger partial charge in [0.15, 0.2) is 0 Å². The Hall–Kier alpha value is -1.78. The van der Waals surface area contributed by atoms with Crippen LogP contribution in [0, 0.1) is 20.8 Å². The van der Waals surface area contributed by atoms with E-state index in [2.05, 4.69) is 5.32 Å². The Labute approximate surface area is 132 Å².